The predicted molar refractivity (Wildman–Crippen MR) is 91.2 cm³/mol. The smallest absolute Gasteiger partial charge is 0.222 e. The second-order valence-electron chi connectivity index (χ2n) is 3.58. The molecule has 1 aliphatic rings. The van der Waals surface area contributed by atoms with Gasteiger partial charge in [0.05, 0.1) is 0 Å². The van der Waals surface area contributed by atoms with E-state index in [4.69, 9.17) is 0 Å². The number of amides is 1. The van der Waals surface area contributed by atoms with Crippen molar-refractivity contribution < 1.29 is 4.79 Å². The quantitative estimate of drug-likeness (QED) is 0.804. The van der Waals surface area contributed by atoms with Crippen LogP contribution in [0.25, 0.3) is 0 Å². The highest BCUT2D eigenvalue weighted by Gasteiger charge is 2.18. The van der Waals surface area contributed by atoms with Crippen molar-refractivity contribution in [2.24, 2.45) is 0 Å². The summed E-state index contributed by atoms with van der Waals surface area (Å²) in [5.74, 6) is 0.302. The van der Waals surface area contributed by atoms with Crippen LogP contribution >= 0.6 is 12.6 Å². The molecule has 19 heavy (non-hydrogen) atoms. The van der Waals surface area contributed by atoms with Crippen LogP contribution in [0.5, 0.6) is 0 Å². The van der Waals surface area contributed by atoms with E-state index in [-0.39, 0.29) is 0 Å². The molecule has 0 aliphatic carbocycles. The molecule has 0 bridgehead atoms. The summed E-state index contributed by atoms with van der Waals surface area (Å²) < 4.78 is 0. The number of thiol groups is 1. The number of piperazine rings is 1. The van der Waals surface area contributed by atoms with Crippen molar-refractivity contribution >= 4 is 18.5 Å². The van der Waals surface area contributed by atoms with E-state index < -0.39 is 0 Å². The van der Waals surface area contributed by atoms with Gasteiger partial charge in [-0.3, -0.25) is 9.69 Å². The zero-order valence-corrected chi connectivity index (χ0v) is 15.1. The summed E-state index contributed by atoms with van der Waals surface area (Å²) in [7, 11) is 0. The molecule has 0 aromatic heterocycles. The minimum atomic E-state index is 0.302. The molecule has 1 amide bonds. The SMILES string of the molecule is CC.CC.CCCN1CCN(C(=O)CC)CC1.CS. The van der Waals surface area contributed by atoms with Gasteiger partial charge in [-0.25, -0.2) is 0 Å². The van der Waals surface area contributed by atoms with E-state index in [0.717, 1.165) is 26.2 Å². The first-order chi connectivity index (χ1) is 9.27. The van der Waals surface area contributed by atoms with E-state index in [9.17, 15) is 4.79 Å². The van der Waals surface area contributed by atoms with Gasteiger partial charge in [-0.15, -0.1) is 0 Å². The monoisotopic (exact) mass is 292 g/mol. The van der Waals surface area contributed by atoms with Gasteiger partial charge >= 0.3 is 0 Å². The van der Waals surface area contributed by atoms with E-state index in [0.29, 0.717) is 12.3 Å². The van der Waals surface area contributed by atoms with E-state index in [1.165, 1.54) is 13.0 Å². The van der Waals surface area contributed by atoms with Gasteiger partial charge in [-0.05, 0) is 19.2 Å². The lowest BCUT2D eigenvalue weighted by atomic mass is 10.2. The lowest BCUT2D eigenvalue weighted by molar-refractivity contribution is -0.132. The Kier molecular flexibility index (Phi) is 25.2. The summed E-state index contributed by atoms with van der Waals surface area (Å²) in [6, 6.07) is 0. The second-order valence-corrected chi connectivity index (χ2v) is 3.58. The summed E-state index contributed by atoms with van der Waals surface area (Å²) >= 11 is 3.53. The maximum absolute atomic E-state index is 11.3. The molecule has 3 nitrogen and oxygen atoms in total. The Balaban J connectivity index is -0.000000375. The first kappa shape index (κ1) is 23.8. The van der Waals surface area contributed by atoms with Crippen LogP contribution in [0, 0.1) is 0 Å². The van der Waals surface area contributed by atoms with Crippen molar-refractivity contribution in [1.29, 1.82) is 0 Å². The Hall–Kier alpha value is -0.220. The Morgan fingerprint density at radius 2 is 1.37 bits per heavy atom. The van der Waals surface area contributed by atoms with Crippen LogP contribution in [0.2, 0.25) is 0 Å². The molecule has 0 radical (unpaired) electrons. The lowest BCUT2D eigenvalue weighted by Crippen LogP contribution is -2.48. The largest absolute Gasteiger partial charge is 0.340 e. The molecule has 0 N–H and O–H groups in total. The second kappa shape index (κ2) is 20.1. The number of hydrogen-bond donors (Lipinski definition) is 1. The van der Waals surface area contributed by atoms with Gasteiger partial charge in [-0.1, -0.05) is 41.5 Å². The minimum absolute atomic E-state index is 0.302. The highest BCUT2D eigenvalue weighted by atomic mass is 32.1. The van der Waals surface area contributed by atoms with Crippen molar-refractivity contribution in [3.8, 4) is 0 Å². The first-order valence-corrected chi connectivity index (χ1v) is 8.62. The van der Waals surface area contributed by atoms with E-state index in [1.807, 2.05) is 39.5 Å². The molecule has 1 saturated heterocycles. The van der Waals surface area contributed by atoms with Crippen LogP contribution in [0.1, 0.15) is 54.4 Å². The fourth-order valence-corrected chi connectivity index (χ4v) is 1.76. The fraction of sp³-hybridized carbons (Fsp3) is 0.933. The maximum Gasteiger partial charge on any atom is 0.222 e. The first-order valence-electron chi connectivity index (χ1n) is 7.72. The van der Waals surface area contributed by atoms with Gasteiger partial charge < -0.3 is 4.90 Å². The van der Waals surface area contributed by atoms with Gasteiger partial charge in [-0.2, -0.15) is 12.6 Å². The summed E-state index contributed by atoms with van der Waals surface area (Å²) in [5, 5.41) is 0. The van der Waals surface area contributed by atoms with Gasteiger partial charge in [0.1, 0.15) is 0 Å². The van der Waals surface area contributed by atoms with Gasteiger partial charge in [0.2, 0.25) is 5.91 Å². The third-order valence-corrected chi connectivity index (χ3v) is 2.57. The Bertz CT molecular complexity index is 170. The molecule has 4 heteroatoms. The Morgan fingerprint density at radius 1 is 0.947 bits per heavy atom. The Labute approximate surface area is 127 Å². The molecule has 1 fully saturated rings. The molecule has 1 rings (SSSR count). The van der Waals surface area contributed by atoms with Crippen molar-refractivity contribution in [3.63, 3.8) is 0 Å². The maximum atomic E-state index is 11.3. The molecular formula is C15H36N2OS. The Morgan fingerprint density at radius 3 is 1.68 bits per heavy atom. The van der Waals surface area contributed by atoms with Crippen molar-refractivity contribution in [3.05, 3.63) is 0 Å². The third-order valence-electron chi connectivity index (χ3n) is 2.57. The zero-order chi connectivity index (χ0) is 15.7. The molecule has 0 unspecified atom stereocenters. The predicted octanol–water partition coefficient (Wildman–Crippen LogP) is 3.55. The summed E-state index contributed by atoms with van der Waals surface area (Å²) in [4.78, 5) is 15.7. The van der Waals surface area contributed by atoms with Crippen LogP contribution in [0.3, 0.4) is 0 Å². The van der Waals surface area contributed by atoms with Crippen LogP contribution < -0.4 is 0 Å². The molecule has 0 saturated carbocycles. The molecule has 1 heterocycles. The van der Waals surface area contributed by atoms with Crippen molar-refractivity contribution in [2.45, 2.75) is 54.4 Å². The molecular weight excluding hydrogens is 256 g/mol. The number of carbonyl (C=O) groups is 1. The van der Waals surface area contributed by atoms with Crippen molar-refractivity contribution in [2.75, 3.05) is 39.0 Å². The highest BCUT2D eigenvalue weighted by molar-refractivity contribution is 7.79. The topological polar surface area (TPSA) is 23.6 Å². The summed E-state index contributed by atoms with van der Waals surface area (Å²) in [5.41, 5.74) is 0. The minimum Gasteiger partial charge on any atom is -0.340 e. The van der Waals surface area contributed by atoms with Gasteiger partial charge in [0.25, 0.3) is 0 Å². The molecule has 1 aliphatic heterocycles. The number of hydrogen-bond acceptors (Lipinski definition) is 3. The molecule has 0 atom stereocenters. The van der Waals surface area contributed by atoms with E-state index >= 15 is 0 Å². The zero-order valence-electron chi connectivity index (χ0n) is 14.2. The number of carbonyl (C=O) groups excluding carboxylic acids is 1. The van der Waals surface area contributed by atoms with Crippen LogP contribution in [-0.4, -0.2) is 54.7 Å². The van der Waals surface area contributed by atoms with Crippen LogP contribution in [0.15, 0.2) is 0 Å². The lowest BCUT2D eigenvalue weighted by Gasteiger charge is -2.34. The molecule has 0 aromatic carbocycles. The van der Waals surface area contributed by atoms with Crippen LogP contribution in [-0.2, 0) is 4.79 Å². The summed E-state index contributed by atoms with van der Waals surface area (Å²) in [6.07, 6.45) is 3.55. The van der Waals surface area contributed by atoms with Crippen molar-refractivity contribution in [1.82, 2.24) is 9.80 Å². The molecule has 0 aromatic rings. The standard InChI is InChI=1S/C10H20N2O.2C2H6.CH4S/c1-3-5-11-6-8-12(9-7-11)10(13)4-2;3*1-2/h3-9H2,1-2H3;2*1-2H3;2H,1H3. The average Bonchev–Trinajstić information content (AvgIpc) is 2.53. The van der Waals surface area contributed by atoms with Crippen LogP contribution in [0.4, 0.5) is 0 Å². The molecule has 0 spiro atoms. The fourth-order valence-electron chi connectivity index (χ4n) is 1.76. The van der Waals surface area contributed by atoms with Gasteiger partial charge in [0, 0.05) is 32.6 Å². The third kappa shape index (κ3) is 12.6. The average molecular weight is 293 g/mol. The normalized spacial score (nSPS) is 14.0. The highest BCUT2D eigenvalue weighted by Crippen LogP contribution is 2.03. The number of nitrogens with zero attached hydrogens (tertiary/aromatic N) is 2. The summed E-state index contributed by atoms with van der Waals surface area (Å²) in [6.45, 7) is 17.3. The van der Waals surface area contributed by atoms with E-state index in [1.54, 1.807) is 6.26 Å². The molecule has 118 valence electrons. The number of rotatable bonds is 3. The van der Waals surface area contributed by atoms with Gasteiger partial charge in [0.15, 0.2) is 0 Å². The van der Waals surface area contributed by atoms with E-state index in [2.05, 4.69) is 24.5 Å².